The Morgan fingerprint density at radius 3 is 2.64 bits per heavy atom. The molecule has 0 aromatic heterocycles. The number of benzene rings is 2. The number of carbonyl (C=O) groups excluding carboxylic acids is 1. The van der Waals surface area contributed by atoms with Gasteiger partial charge in [0.15, 0.2) is 6.61 Å². The molecule has 2 aromatic rings. The van der Waals surface area contributed by atoms with Crippen molar-refractivity contribution in [3.8, 4) is 5.75 Å². The van der Waals surface area contributed by atoms with Crippen molar-refractivity contribution in [2.45, 2.75) is 6.92 Å². The van der Waals surface area contributed by atoms with Crippen molar-refractivity contribution in [1.82, 2.24) is 0 Å². The van der Waals surface area contributed by atoms with E-state index in [1.165, 1.54) is 0 Å². The van der Waals surface area contributed by atoms with Crippen LogP contribution >= 0.6 is 11.6 Å². The van der Waals surface area contributed by atoms with Crippen LogP contribution in [0.15, 0.2) is 42.5 Å². The quantitative estimate of drug-likeness (QED) is 0.913. The molecule has 0 saturated carbocycles. The van der Waals surface area contributed by atoms with Gasteiger partial charge in [-0.15, -0.1) is 0 Å². The molecule has 1 N–H and O–H groups in total. The van der Waals surface area contributed by atoms with Gasteiger partial charge in [0.1, 0.15) is 5.75 Å². The summed E-state index contributed by atoms with van der Waals surface area (Å²) < 4.78 is 5.54. The Morgan fingerprint density at radius 1 is 1.23 bits per heavy atom. The molecule has 0 saturated heterocycles. The van der Waals surface area contributed by atoms with Crippen LogP contribution in [0.1, 0.15) is 5.56 Å². The Bertz CT molecular complexity index is 671. The molecule has 0 aliphatic heterocycles. The van der Waals surface area contributed by atoms with Gasteiger partial charge >= 0.3 is 0 Å². The molecule has 0 radical (unpaired) electrons. The van der Waals surface area contributed by atoms with Gasteiger partial charge in [-0.2, -0.15) is 0 Å². The number of amides is 1. The third-order valence-electron chi connectivity index (χ3n) is 3.17. The fourth-order valence-corrected chi connectivity index (χ4v) is 2.22. The molecule has 0 heterocycles. The molecule has 0 atom stereocenters. The second-order valence-electron chi connectivity index (χ2n) is 5.16. The molecule has 116 valence electrons. The standard InChI is InChI=1S/C17H19ClN2O2/c1-12-6-4-5-7-16(12)22-11-17(21)19-14-10-13(18)8-9-15(14)20(2)3/h4-10H,11H2,1-3H3,(H,19,21). The maximum Gasteiger partial charge on any atom is 0.262 e. The minimum Gasteiger partial charge on any atom is -0.483 e. The van der Waals surface area contributed by atoms with Gasteiger partial charge in [-0.25, -0.2) is 0 Å². The van der Waals surface area contributed by atoms with Crippen molar-refractivity contribution in [1.29, 1.82) is 0 Å². The molecule has 0 bridgehead atoms. The lowest BCUT2D eigenvalue weighted by molar-refractivity contribution is -0.118. The van der Waals surface area contributed by atoms with Crippen LogP contribution in [-0.2, 0) is 4.79 Å². The Balaban J connectivity index is 2.03. The summed E-state index contributed by atoms with van der Waals surface area (Å²) >= 11 is 6.00. The van der Waals surface area contributed by atoms with Crippen molar-refractivity contribution in [2.24, 2.45) is 0 Å². The van der Waals surface area contributed by atoms with E-state index in [0.29, 0.717) is 16.5 Å². The molecule has 1 amide bonds. The van der Waals surface area contributed by atoms with E-state index in [1.807, 2.05) is 56.3 Å². The van der Waals surface area contributed by atoms with E-state index in [-0.39, 0.29) is 12.5 Å². The number of hydrogen-bond acceptors (Lipinski definition) is 3. The van der Waals surface area contributed by atoms with Gasteiger partial charge in [-0.05, 0) is 36.8 Å². The van der Waals surface area contributed by atoms with E-state index < -0.39 is 0 Å². The van der Waals surface area contributed by atoms with Gasteiger partial charge in [-0.3, -0.25) is 4.79 Å². The number of halogens is 1. The summed E-state index contributed by atoms with van der Waals surface area (Å²) in [6.07, 6.45) is 0. The molecule has 0 unspecified atom stereocenters. The van der Waals surface area contributed by atoms with Crippen LogP contribution in [0.3, 0.4) is 0 Å². The number of hydrogen-bond donors (Lipinski definition) is 1. The van der Waals surface area contributed by atoms with E-state index >= 15 is 0 Å². The molecule has 0 aliphatic carbocycles. The highest BCUT2D eigenvalue weighted by molar-refractivity contribution is 6.31. The van der Waals surface area contributed by atoms with Crippen molar-refractivity contribution >= 4 is 28.9 Å². The number of anilines is 2. The second kappa shape index (κ2) is 7.18. The van der Waals surface area contributed by atoms with Crippen LogP contribution < -0.4 is 15.0 Å². The maximum atomic E-state index is 12.1. The molecule has 0 fully saturated rings. The summed E-state index contributed by atoms with van der Waals surface area (Å²) in [5, 5.41) is 3.40. The summed E-state index contributed by atoms with van der Waals surface area (Å²) in [4.78, 5) is 14.0. The van der Waals surface area contributed by atoms with Crippen molar-refractivity contribution in [3.05, 3.63) is 53.1 Å². The zero-order valence-electron chi connectivity index (χ0n) is 12.9. The van der Waals surface area contributed by atoms with E-state index in [0.717, 1.165) is 11.3 Å². The minimum absolute atomic E-state index is 0.0514. The lowest BCUT2D eigenvalue weighted by atomic mass is 10.2. The van der Waals surface area contributed by atoms with Crippen LogP contribution in [-0.4, -0.2) is 26.6 Å². The molecule has 0 aliphatic rings. The Kier molecular flexibility index (Phi) is 5.28. The number of nitrogens with one attached hydrogen (secondary N) is 1. The zero-order chi connectivity index (χ0) is 16.1. The first-order valence-electron chi connectivity index (χ1n) is 6.92. The fourth-order valence-electron chi connectivity index (χ4n) is 2.05. The van der Waals surface area contributed by atoms with Gasteiger partial charge < -0.3 is 15.0 Å². The first-order chi connectivity index (χ1) is 10.5. The molecule has 22 heavy (non-hydrogen) atoms. The lowest BCUT2D eigenvalue weighted by Gasteiger charge is -2.18. The number of ether oxygens (including phenoxy) is 1. The van der Waals surface area contributed by atoms with Crippen LogP contribution in [0, 0.1) is 6.92 Å². The number of nitrogens with zero attached hydrogens (tertiary/aromatic N) is 1. The highest BCUT2D eigenvalue weighted by Crippen LogP contribution is 2.27. The summed E-state index contributed by atoms with van der Waals surface area (Å²) in [6, 6.07) is 13.0. The largest absolute Gasteiger partial charge is 0.483 e. The second-order valence-corrected chi connectivity index (χ2v) is 5.59. The minimum atomic E-state index is -0.228. The molecule has 4 nitrogen and oxygen atoms in total. The third kappa shape index (κ3) is 4.15. The van der Waals surface area contributed by atoms with E-state index in [4.69, 9.17) is 16.3 Å². The molecule has 2 aromatic carbocycles. The molecular formula is C17H19ClN2O2. The van der Waals surface area contributed by atoms with Crippen molar-refractivity contribution in [3.63, 3.8) is 0 Å². The van der Waals surface area contributed by atoms with Gasteiger partial charge in [0.05, 0.1) is 11.4 Å². The van der Waals surface area contributed by atoms with Crippen molar-refractivity contribution < 1.29 is 9.53 Å². The smallest absolute Gasteiger partial charge is 0.262 e. The third-order valence-corrected chi connectivity index (χ3v) is 3.40. The highest BCUT2D eigenvalue weighted by Gasteiger charge is 2.10. The van der Waals surface area contributed by atoms with Crippen molar-refractivity contribution in [2.75, 3.05) is 30.9 Å². The number of rotatable bonds is 5. The van der Waals surface area contributed by atoms with E-state index in [2.05, 4.69) is 5.32 Å². The number of para-hydroxylation sites is 1. The topological polar surface area (TPSA) is 41.6 Å². The predicted molar refractivity (Wildman–Crippen MR) is 91.1 cm³/mol. The Morgan fingerprint density at radius 2 is 1.95 bits per heavy atom. The highest BCUT2D eigenvalue weighted by atomic mass is 35.5. The summed E-state index contributed by atoms with van der Waals surface area (Å²) in [7, 11) is 3.81. The van der Waals surface area contributed by atoms with E-state index in [9.17, 15) is 4.79 Å². The SMILES string of the molecule is Cc1ccccc1OCC(=O)Nc1cc(Cl)ccc1N(C)C. The molecular weight excluding hydrogens is 300 g/mol. The van der Waals surface area contributed by atoms with Crippen LogP contribution in [0.25, 0.3) is 0 Å². The van der Waals surface area contributed by atoms with Gasteiger partial charge in [0.25, 0.3) is 5.91 Å². The Hall–Kier alpha value is -2.20. The normalized spacial score (nSPS) is 10.2. The molecule has 0 spiro atoms. The van der Waals surface area contributed by atoms with Crippen LogP contribution in [0.4, 0.5) is 11.4 Å². The number of carbonyl (C=O) groups is 1. The average molecular weight is 319 g/mol. The zero-order valence-corrected chi connectivity index (χ0v) is 13.6. The van der Waals surface area contributed by atoms with Gasteiger partial charge in [-0.1, -0.05) is 29.8 Å². The fraction of sp³-hybridized carbons (Fsp3) is 0.235. The molecule has 5 heteroatoms. The van der Waals surface area contributed by atoms with Crippen LogP contribution in [0.5, 0.6) is 5.75 Å². The van der Waals surface area contributed by atoms with Gasteiger partial charge in [0, 0.05) is 19.1 Å². The molecule has 2 rings (SSSR count). The summed E-state index contributed by atoms with van der Waals surface area (Å²) in [6.45, 7) is 1.89. The Labute approximate surface area is 135 Å². The average Bonchev–Trinajstić information content (AvgIpc) is 2.46. The summed E-state index contributed by atoms with van der Waals surface area (Å²) in [5.74, 6) is 0.477. The maximum absolute atomic E-state index is 12.1. The number of aryl methyl sites for hydroxylation is 1. The monoisotopic (exact) mass is 318 g/mol. The predicted octanol–water partition coefficient (Wildman–Crippen LogP) is 3.73. The first kappa shape index (κ1) is 16.2. The first-order valence-corrected chi connectivity index (χ1v) is 7.30. The summed E-state index contributed by atoms with van der Waals surface area (Å²) in [5.41, 5.74) is 2.54. The van der Waals surface area contributed by atoms with Gasteiger partial charge in [0.2, 0.25) is 0 Å². The van der Waals surface area contributed by atoms with Crippen LogP contribution in [0.2, 0.25) is 5.02 Å². The van der Waals surface area contributed by atoms with E-state index in [1.54, 1.807) is 12.1 Å². The lowest BCUT2D eigenvalue weighted by Crippen LogP contribution is -2.22.